The molecule has 220 valence electrons. The Morgan fingerprint density at radius 1 is 0.902 bits per heavy atom. The minimum absolute atomic E-state index is 0.0858. The lowest BCUT2D eigenvalue weighted by Gasteiger charge is -2.34. The SMILES string of the molecule is Cc1ccc(N(CCCC(=O)N(Cc2ccc(Br)cc2)C(Cc2ccccc2)C(=O)NC(C)(C)C)S(C)(=O)=O)cc1. The number of carbonyl (C=O) groups is 2. The van der Waals surface area contributed by atoms with E-state index in [1.54, 1.807) is 17.0 Å². The minimum atomic E-state index is -3.55. The summed E-state index contributed by atoms with van der Waals surface area (Å²) in [6.45, 7) is 8.07. The molecule has 0 bridgehead atoms. The molecule has 1 atom stereocenters. The van der Waals surface area contributed by atoms with Gasteiger partial charge >= 0.3 is 0 Å². The van der Waals surface area contributed by atoms with Crippen LogP contribution in [0.2, 0.25) is 0 Å². The molecule has 3 aromatic carbocycles. The first kappa shape index (κ1) is 32.3. The molecule has 2 amide bonds. The van der Waals surface area contributed by atoms with Crippen LogP contribution in [-0.4, -0.2) is 49.5 Å². The van der Waals surface area contributed by atoms with Gasteiger partial charge in [0, 0.05) is 35.9 Å². The zero-order valence-corrected chi connectivity index (χ0v) is 26.8. The van der Waals surface area contributed by atoms with E-state index in [4.69, 9.17) is 0 Å². The Hall–Kier alpha value is -3.17. The second kappa shape index (κ2) is 14.1. The number of amides is 2. The van der Waals surface area contributed by atoms with Crippen LogP contribution in [-0.2, 0) is 32.6 Å². The molecule has 0 spiro atoms. The molecule has 0 aliphatic heterocycles. The maximum absolute atomic E-state index is 13.9. The van der Waals surface area contributed by atoms with Gasteiger partial charge in [0.05, 0.1) is 11.9 Å². The van der Waals surface area contributed by atoms with Crippen molar-refractivity contribution in [3.05, 3.63) is 100 Å². The average molecular weight is 643 g/mol. The number of hydrogen-bond acceptors (Lipinski definition) is 4. The third-order valence-electron chi connectivity index (χ3n) is 6.51. The van der Waals surface area contributed by atoms with Crippen LogP contribution >= 0.6 is 15.9 Å². The zero-order chi connectivity index (χ0) is 30.2. The molecule has 1 N–H and O–H groups in total. The zero-order valence-electron chi connectivity index (χ0n) is 24.4. The van der Waals surface area contributed by atoms with Gasteiger partial charge in [-0.25, -0.2) is 8.42 Å². The van der Waals surface area contributed by atoms with Crippen molar-refractivity contribution in [2.45, 2.75) is 65.1 Å². The first-order chi connectivity index (χ1) is 19.2. The van der Waals surface area contributed by atoms with E-state index in [-0.39, 0.29) is 31.3 Å². The number of rotatable bonds is 12. The molecule has 0 aromatic heterocycles. The number of anilines is 1. The molecule has 41 heavy (non-hydrogen) atoms. The van der Waals surface area contributed by atoms with Crippen molar-refractivity contribution in [3.63, 3.8) is 0 Å². The normalized spacial score (nSPS) is 12.4. The fourth-order valence-corrected chi connectivity index (χ4v) is 5.74. The molecule has 3 aromatic rings. The van der Waals surface area contributed by atoms with Crippen LogP contribution in [0.4, 0.5) is 5.69 Å². The Morgan fingerprint density at radius 3 is 2.07 bits per heavy atom. The molecule has 1 unspecified atom stereocenters. The highest BCUT2D eigenvalue weighted by atomic mass is 79.9. The quantitative estimate of drug-likeness (QED) is 0.268. The van der Waals surface area contributed by atoms with E-state index in [1.165, 1.54) is 10.6 Å². The van der Waals surface area contributed by atoms with Gasteiger partial charge in [-0.1, -0.05) is 76.1 Å². The van der Waals surface area contributed by atoms with Crippen molar-refractivity contribution in [2.75, 3.05) is 17.1 Å². The molecule has 0 heterocycles. The van der Waals surface area contributed by atoms with Crippen LogP contribution in [0.5, 0.6) is 0 Å². The largest absolute Gasteiger partial charge is 0.350 e. The fraction of sp³-hybridized carbons (Fsp3) is 0.375. The van der Waals surface area contributed by atoms with Gasteiger partial charge < -0.3 is 10.2 Å². The lowest BCUT2D eigenvalue weighted by Crippen LogP contribution is -2.54. The van der Waals surface area contributed by atoms with Crippen molar-refractivity contribution >= 4 is 43.5 Å². The molecule has 0 radical (unpaired) electrons. The van der Waals surface area contributed by atoms with E-state index < -0.39 is 21.6 Å². The first-order valence-corrected chi connectivity index (χ1v) is 16.3. The van der Waals surface area contributed by atoms with Crippen LogP contribution in [0.15, 0.2) is 83.3 Å². The standard InChI is InChI=1S/C32H40BrN3O4S/c1-24-13-19-28(20-14-24)36(41(5,39)40)21-9-12-30(37)35(23-26-15-17-27(33)18-16-26)29(31(38)34-32(2,3)4)22-25-10-7-6-8-11-25/h6-8,10-11,13-20,29H,9,12,21-23H2,1-5H3,(H,34,38). The number of carbonyl (C=O) groups excluding carboxylic acids is 2. The van der Waals surface area contributed by atoms with Gasteiger partial charge in [0.2, 0.25) is 21.8 Å². The summed E-state index contributed by atoms with van der Waals surface area (Å²) >= 11 is 3.46. The van der Waals surface area contributed by atoms with Gasteiger partial charge in [-0.15, -0.1) is 0 Å². The van der Waals surface area contributed by atoms with Crippen LogP contribution in [0.3, 0.4) is 0 Å². The smallest absolute Gasteiger partial charge is 0.243 e. The monoisotopic (exact) mass is 641 g/mol. The highest BCUT2D eigenvalue weighted by Gasteiger charge is 2.32. The third-order valence-corrected chi connectivity index (χ3v) is 8.23. The van der Waals surface area contributed by atoms with Crippen LogP contribution in [0, 0.1) is 6.92 Å². The van der Waals surface area contributed by atoms with Crippen molar-refractivity contribution in [1.29, 1.82) is 0 Å². The first-order valence-electron chi connectivity index (χ1n) is 13.7. The molecule has 9 heteroatoms. The average Bonchev–Trinajstić information content (AvgIpc) is 2.89. The van der Waals surface area contributed by atoms with Gasteiger partial charge in [-0.3, -0.25) is 13.9 Å². The molecule has 0 saturated heterocycles. The Morgan fingerprint density at radius 2 is 1.51 bits per heavy atom. The molecule has 0 aliphatic rings. The summed E-state index contributed by atoms with van der Waals surface area (Å²) in [6.07, 6.45) is 1.91. The lowest BCUT2D eigenvalue weighted by molar-refractivity contribution is -0.142. The lowest BCUT2D eigenvalue weighted by atomic mass is 10.00. The van der Waals surface area contributed by atoms with Gasteiger partial charge in [0.25, 0.3) is 0 Å². The van der Waals surface area contributed by atoms with Crippen molar-refractivity contribution in [1.82, 2.24) is 10.2 Å². The summed E-state index contributed by atoms with van der Waals surface area (Å²) < 4.78 is 27.4. The third kappa shape index (κ3) is 10.3. The summed E-state index contributed by atoms with van der Waals surface area (Å²) in [4.78, 5) is 29.2. The Kier molecular flexibility index (Phi) is 11.2. The van der Waals surface area contributed by atoms with E-state index in [1.807, 2.05) is 94.4 Å². The second-order valence-corrected chi connectivity index (χ2v) is 14.2. The van der Waals surface area contributed by atoms with Crippen molar-refractivity contribution < 1.29 is 18.0 Å². The van der Waals surface area contributed by atoms with Gasteiger partial charge in [-0.2, -0.15) is 0 Å². The Bertz CT molecular complexity index is 1400. The van der Waals surface area contributed by atoms with Crippen LogP contribution in [0.1, 0.15) is 50.3 Å². The second-order valence-electron chi connectivity index (χ2n) is 11.4. The highest BCUT2D eigenvalue weighted by molar-refractivity contribution is 9.10. The molecule has 0 aliphatic carbocycles. The summed E-state index contributed by atoms with van der Waals surface area (Å²) in [6, 6.07) is 23.8. The number of hydrogen-bond donors (Lipinski definition) is 1. The minimum Gasteiger partial charge on any atom is -0.350 e. The summed E-state index contributed by atoms with van der Waals surface area (Å²) in [5.74, 6) is -0.445. The van der Waals surface area contributed by atoms with Crippen LogP contribution in [0.25, 0.3) is 0 Å². The topological polar surface area (TPSA) is 86.8 Å². The van der Waals surface area contributed by atoms with E-state index in [0.717, 1.165) is 21.2 Å². The predicted octanol–water partition coefficient (Wildman–Crippen LogP) is 5.86. The summed E-state index contributed by atoms with van der Waals surface area (Å²) in [7, 11) is -3.55. The molecular formula is C32H40BrN3O4S. The molecular weight excluding hydrogens is 602 g/mol. The number of nitrogens with zero attached hydrogens (tertiary/aromatic N) is 2. The van der Waals surface area contributed by atoms with Crippen LogP contribution < -0.4 is 9.62 Å². The van der Waals surface area contributed by atoms with Crippen molar-refractivity contribution in [2.24, 2.45) is 0 Å². The Balaban J connectivity index is 1.89. The number of sulfonamides is 1. The maximum atomic E-state index is 13.9. The number of nitrogens with one attached hydrogen (secondary N) is 1. The van der Waals surface area contributed by atoms with Gasteiger partial charge in [0.1, 0.15) is 6.04 Å². The predicted molar refractivity (Wildman–Crippen MR) is 169 cm³/mol. The molecule has 7 nitrogen and oxygen atoms in total. The van der Waals surface area contributed by atoms with E-state index in [0.29, 0.717) is 18.5 Å². The highest BCUT2D eigenvalue weighted by Crippen LogP contribution is 2.21. The fourth-order valence-electron chi connectivity index (χ4n) is 4.51. The summed E-state index contributed by atoms with van der Waals surface area (Å²) in [5.41, 5.74) is 2.93. The van der Waals surface area contributed by atoms with Gasteiger partial charge in [0.15, 0.2) is 0 Å². The van der Waals surface area contributed by atoms with E-state index >= 15 is 0 Å². The molecule has 3 rings (SSSR count). The number of benzene rings is 3. The maximum Gasteiger partial charge on any atom is 0.243 e. The molecule has 0 saturated carbocycles. The number of halogens is 1. The van der Waals surface area contributed by atoms with Crippen molar-refractivity contribution in [3.8, 4) is 0 Å². The number of aryl methyl sites for hydroxylation is 1. The summed E-state index contributed by atoms with van der Waals surface area (Å²) in [5, 5.41) is 3.06. The Labute approximate surface area is 253 Å². The molecule has 0 fully saturated rings. The van der Waals surface area contributed by atoms with Gasteiger partial charge in [-0.05, 0) is 69.5 Å². The van der Waals surface area contributed by atoms with E-state index in [9.17, 15) is 18.0 Å². The van der Waals surface area contributed by atoms with E-state index in [2.05, 4.69) is 21.2 Å².